The van der Waals surface area contributed by atoms with Gasteiger partial charge in [0.1, 0.15) is 0 Å². The number of hydrogen-bond donors (Lipinski definition) is 1. The van der Waals surface area contributed by atoms with Crippen LogP contribution >= 0.6 is 0 Å². The average Bonchev–Trinajstić information content (AvgIpc) is 2.93. The Morgan fingerprint density at radius 1 is 1.43 bits per heavy atom. The zero-order chi connectivity index (χ0) is 15.2. The summed E-state index contributed by atoms with van der Waals surface area (Å²) in [5, 5.41) is 7.09. The van der Waals surface area contributed by atoms with Crippen molar-refractivity contribution in [2.45, 2.75) is 38.5 Å². The summed E-state index contributed by atoms with van der Waals surface area (Å²) < 4.78 is 1.63. The fraction of sp³-hybridized carbons (Fsp3) is 0.412. The van der Waals surface area contributed by atoms with Gasteiger partial charge in [-0.05, 0) is 34.9 Å². The minimum atomic E-state index is -0.103. The zero-order valence-electron chi connectivity index (χ0n) is 13.0. The number of aryl methyl sites for hydroxylation is 1. The van der Waals surface area contributed by atoms with Gasteiger partial charge in [0.25, 0.3) is 5.91 Å². The number of aromatic nitrogens is 2. The number of nitrogens with zero attached hydrogens (tertiary/aromatic N) is 2. The maximum atomic E-state index is 12.3. The highest BCUT2D eigenvalue weighted by Crippen LogP contribution is 2.48. The van der Waals surface area contributed by atoms with Gasteiger partial charge in [-0.3, -0.25) is 9.48 Å². The molecule has 1 aliphatic carbocycles. The van der Waals surface area contributed by atoms with Gasteiger partial charge in [-0.15, -0.1) is 0 Å². The predicted octanol–water partition coefficient (Wildman–Crippen LogP) is 3.46. The second kappa shape index (κ2) is 4.72. The fourth-order valence-electron chi connectivity index (χ4n) is 3.51. The molecule has 0 bridgehead atoms. The zero-order valence-corrected chi connectivity index (χ0v) is 13.0. The first kappa shape index (κ1) is 13.9. The molecule has 0 spiro atoms. The molecule has 21 heavy (non-hydrogen) atoms. The molecule has 0 saturated carbocycles. The van der Waals surface area contributed by atoms with E-state index in [2.05, 4.69) is 37.3 Å². The second-order valence-corrected chi connectivity index (χ2v) is 6.61. The topological polar surface area (TPSA) is 46.9 Å². The summed E-state index contributed by atoms with van der Waals surface area (Å²) in [7, 11) is 1.81. The van der Waals surface area contributed by atoms with Gasteiger partial charge in [0, 0.05) is 18.9 Å². The Morgan fingerprint density at radius 2 is 2.19 bits per heavy atom. The SMILES string of the molecule is C[C@H]1CC(C)(C)c2cccc(NC(=O)c3cnn(C)c3)c21. The quantitative estimate of drug-likeness (QED) is 0.917. The average molecular weight is 283 g/mol. The van der Waals surface area contributed by atoms with Gasteiger partial charge < -0.3 is 5.32 Å². The monoisotopic (exact) mass is 283 g/mol. The molecule has 0 unspecified atom stereocenters. The predicted molar refractivity (Wildman–Crippen MR) is 83.7 cm³/mol. The van der Waals surface area contributed by atoms with Crippen LogP contribution in [0.25, 0.3) is 0 Å². The van der Waals surface area contributed by atoms with Gasteiger partial charge in [-0.25, -0.2) is 0 Å². The van der Waals surface area contributed by atoms with Crippen molar-refractivity contribution in [2.75, 3.05) is 5.32 Å². The summed E-state index contributed by atoms with van der Waals surface area (Å²) >= 11 is 0. The normalized spacial score (nSPS) is 19.3. The lowest BCUT2D eigenvalue weighted by Gasteiger charge is -2.19. The Morgan fingerprint density at radius 3 is 2.86 bits per heavy atom. The number of nitrogens with one attached hydrogen (secondary N) is 1. The van der Waals surface area contributed by atoms with E-state index in [9.17, 15) is 4.79 Å². The molecule has 4 heteroatoms. The summed E-state index contributed by atoms with van der Waals surface area (Å²) in [6.07, 6.45) is 4.43. The van der Waals surface area contributed by atoms with Crippen molar-refractivity contribution in [1.29, 1.82) is 0 Å². The molecular weight excluding hydrogens is 262 g/mol. The number of benzene rings is 1. The Kier molecular flexibility index (Phi) is 3.12. The molecule has 4 nitrogen and oxygen atoms in total. The maximum Gasteiger partial charge on any atom is 0.258 e. The highest BCUT2D eigenvalue weighted by molar-refractivity contribution is 6.04. The lowest BCUT2D eigenvalue weighted by Crippen LogP contribution is -2.14. The third-order valence-corrected chi connectivity index (χ3v) is 4.36. The third kappa shape index (κ3) is 2.35. The van der Waals surface area contributed by atoms with E-state index < -0.39 is 0 Å². The lowest BCUT2D eigenvalue weighted by molar-refractivity contribution is 0.102. The lowest BCUT2D eigenvalue weighted by atomic mass is 9.86. The van der Waals surface area contributed by atoms with Crippen LogP contribution in [-0.4, -0.2) is 15.7 Å². The molecule has 1 N–H and O–H groups in total. The Bertz CT molecular complexity index is 700. The minimum Gasteiger partial charge on any atom is -0.322 e. The number of hydrogen-bond acceptors (Lipinski definition) is 2. The van der Waals surface area contributed by atoms with E-state index in [0.717, 1.165) is 12.1 Å². The third-order valence-electron chi connectivity index (χ3n) is 4.36. The van der Waals surface area contributed by atoms with E-state index in [-0.39, 0.29) is 11.3 Å². The van der Waals surface area contributed by atoms with Gasteiger partial charge in [-0.1, -0.05) is 32.9 Å². The molecule has 0 fully saturated rings. The van der Waals surface area contributed by atoms with Crippen LogP contribution in [0.15, 0.2) is 30.6 Å². The van der Waals surface area contributed by atoms with Crippen molar-refractivity contribution in [3.63, 3.8) is 0 Å². The van der Waals surface area contributed by atoms with Gasteiger partial charge in [0.05, 0.1) is 11.8 Å². The van der Waals surface area contributed by atoms with Crippen molar-refractivity contribution in [2.24, 2.45) is 7.05 Å². The minimum absolute atomic E-state index is 0.103. The Labute approximate surface area is 125 Å². The van der Waals surface area contributed by atoms with Gasteiger partial charge in [-0.2, -0.15) is 5.10 Å². The van der Waals surface area contributed by atoms with E-state index in [4.69, 9.17) is 0 Å². The van der Waals surface area contributed by atoms with Crippen molar-refractivity contribution >= 4 is 11.6 Å². The van der Waals surface area contributed by atoms with E-state index in [1.807, 2.05) is 19.2 Å². The van der Waals surface area contributed by atoms with Crippen molar-refractivity contribution in [1.82, 2.24) is 9.78 Å². The molecule has 1 heterocycles. The number of fused-ring (bicyclic) bond motifs is 1. The highest BCUT2D eigenvalue weighted by Gasteiger charge is 2.36. The van der Waals surface area contributed by atoms with Crippen LogP contribution in [0.4, 0.5) is 5.69 Å². The molecule has 1 atom stereocenters. The number of rotatable bonds is 2. The van der Waals surface area contributed by atoms with Gasteiger partial charge in [0.2, 0.25) is 0 Å². The standard InChI is InChI=1S/C17H21N3O/c1-11-8-17(2,3)13-6-5-7-14(15(11)13)19-16(21)12-9-18-20(4)10-12/h5-7,9-11H,8H2,1-4H3,(H,19,21)/t11-/m0/s1. The number of carbonyl (C=O) groups excluding carboxylic acids is 1. The van der Waals surface area contributed by atoms with E-state index in [1.54, 1.807) is 17.1 Å². The summed E-state index contributed by atoms with van der Waals surface area (Å²) in [4.78, 5) is 12.3. The van der Waals surface area contributed by atoms with Crippen LogP contribution < -0.4 is 5.32 Å². The first-order valence-electron chi connectivity index (χ1n) is 7.32. The smallest absolute Gasteiger partial charge is 0.258 e. The van der Waals surface area contributed by atoms with Gasteiger partial charge >= 0.3 is 0 Å². The summed E-state index contributed by atoms with van der Waals surface area (Å²) in [6.45, 7) is 6.76. The van der Waals surface area contributed by atoms with Crippen molar-refractivity contribution in [3.8, 4) is 0 Å². The largest absolute Gasteiger partial charge is 0.322 e. The molecule has 0 aliphatic heterocycles. The second-order valence-electron chi connectivity index (χ2n) is 6.61. The number of amides is 1. The first-order valence-corrected chi connectivity index (χ1v) is 7.32. The molecule has 1 aromatic carbocycles. The number of carbonyl (C=O) groups is 1. The molecule has 0 radical (unpaired) electrons. The molecular formula is C17H21N3O. The van der Waals surface area contributed by atoms with Crippen molar-refractivity contribution < 1.29 is 4.79 Å². The van der Waals surface area contributed by atoms with Crippen LogP contribution in [0.3, 0.4) is 0 Å². The van der Waals surface area contributed by atoms with Crippen LogP contribution in [0.2, 0.25) is 0 Å². The van der Waals surface area contributed by atoms with E-state index in [1.165, 1.54) is 11.1 Å². The molecule has 1 aromatic heterocycles. The van der Waals surface area contributed by atoms with Crippen LogP contribution in [-0.2, 0) is 12.5 Å². The molecule has 1 amide bonds. The van der Waals surface area contributed by atoms with Gasteiger partial charge in [0.15, 0.2) is 0 Å². The van der Waals surface area contributed by atoms with Crippen LogP contribution in [0.1, 0.15) is 54.6 Å². The van der Waals surface area contributed by atoms with E-state index >= 15 is 0 Å². The molecule has 110 valence electrons. The molecule has 2 aromatic rings. The Hall–Kier alpha value is -2.10. The first-order chi connectivity index (χ1) is 9.88. The summed E-state index contributed by atoms with van der Waals surface area (Å²) in [5.41, 5.74) is 4.31. The molecule has 1 aliphatic rings. The summed E-state index contributed by atoms with van der Waals surface area (Å²) in [6, 6.07) is 6.20. The highest BCUT2D eigenvalue weighted by atomic mass is 16.1. The van der Waals surface area contributed by atoms with Crippen LogP contribution in [0.5, 0.6) is 0 Å². The van der Waals surface area contributed by atoms with E-state index in [0.29, 0.717) is 11.5 Å². The van der Waals surface area contributed by atoms with Crippen LogP contribution in [0, 0.1) is 0 Å². The Balaban J connectivity index is 1.94. The number of anilines is 1. The van der Waals surface area contributed by atoms with Crippen molar-refractivity contribution in [3.05, 3.63) is 47.3 Å². The maximum absolute atomic E-state index is 12.3. The fourth-order valence-corrected chi connectivity index (χ4v) is 3.51. The summed E-state index contributed by atoms with van der Waals surface area (Å²) in [5.74, 6) is 0.355. The molecule has 3 rings (SSSR count). The molecule has 0 saturated heterocycles.